The molecule has 0 heterocycles. The van der Waals surface area contributed by atoms with Crippen molar-refractivity contribution in [3.05, 3.63) is 29.6 Å². The molecule has 1 aromatic carbocycles. The van der Waals surface area contributed by atoms with Crippen molar-refractivity contribution in [3.63, 3.8) is 0 Å². The maximum atomic E-state index is 13.5. The first-order valence-corrected chi connectivity index (χ1v) is 7.46. The summed E-state index contributed by atoms with van der Waals surface area (Å²) < 4.78 is 41.0. The van der Waals surface area contributed by atoms with Gasteiger partial charge in [0.25, 0.3) is 0 Å². The van der Waals surface area contributed by atoms with Gasteiger partial charge in [0.1, 0.15) is 11.9 Å². The average molecular weight is 287 g/mol. The van der Waals surface area contributed by atoms with Gasteiger partial charge in [-0.05, 0) is 43.9 Å². The molecule has 0 aromatic heterocycles. The monoisotopic (exact) mass is 287 g/mol. The van der Waals surface area contributed by atoms with Gasteiger partial charge in [-0.3, -0.25) is 0 Å². The number of rotatable bonds is 3. The summed E-state index contributed by atoms with van der Waals surface area (Å²) in [7, 11) is -3.98. The van der Waals surface area contributed by atoms with Crippen LogP contribution in [0, 0.1) is 5.82 Å². The van der Waals surface area contributed by atoms with Crippen LogP contribution < -0.4 is 5.14 Å². The lowest BCUT2D eigenvalue weighted by Crippen LogP contribution is -2.18. The third-order valence-corrected chi connectivity index (χ3v) is 3.97. The first-order chi connectivity index (χ1) is 8.88. The Bertz CT molecular complexity index is 594. The highest BCUT2D eigenvalue weighted by molar-refractivity contribution is 7.89. The molecule has 5 nitrogen and oxygen atoms in total. The second-order valence-corrected chi connectivity index (χ2v) is 6.06. The van der Waals surface area contributed by atoms with Gasteiger partial charge in [-0.1, -0.05) is 0 Å². The van der Waals surface area contributed by atoms with E-state index in [0.29, 0.717) is 0 Å². The van der Waals surface area contributed by atoms with E-state index in [9.17, 15) is 17.6 Å². The fourth-order valence-corrected chi connectivity index (χ4v) is 2.60. The number of benzene rings is 1. The van der Waals surface area contributed by atoms with Crippen LogP contribution in [-0.2, 0) is 14.8 Å². The molecule has 0 aliphatic heterocycles. The first kappa shape index (κ1) is 14.0. The Labute approximate surface area is 110 Å². The fraction of sp³-hybridized carbons (Fsp3) is 0.417. The van der Waals surface area contributed by atoms with Gasteiger partial charge >= 0.3 is 5.97 Å². The van der Waals surface area contributed by atoms with Crippen molar-refractivity contribution >= 4 is 16.0 Å². The van der Waals surface area contributed by atoms with E-state index in [2.05, 4.69) is 0 Å². The SMILES string of the molecule is NS(=O)(=O)c1ccc(F)c(C(=O)OC2CCCC2)c1. The van der Waals surface area contributed by atoms with E-state index in [1.54, 1.807) is 0 Å². The molecule has 0 atom stereocenters. The molecule has 1 aromatic rings. The molecule has 2 rings (SSSR count). The summed E-state index contributed by atoms with van der Waals surface area (Å²) in [6, 6.07) is 2.81. The molecule has 1 aliphatic rings. The van der Waals surface area contributed by atoms with Crippen LogP contribution in [0.2, 0.25) is 0 Å². The van der Waals surface area contributed by atoms with Crippen LogP contribution in [-0.4, -0.2) is 20.5 Å². The number of hydrogen-bond acceptors (Lipinski definition) is 4. The van der Waals surface area contributed by atoms with E-state index in [-0.39, 0.29) is 11.0 Å². The summed E-state index contributed by atoms with van der Waals surface area (Å²) in [4.78, 5) is 11.5. The highest BCUT2D eigenvalue weighted by Crippen LogP contribution is 2.23. The number of halogens is 1. The smallest absolute Gasteiger partial charge is 0.341 e. The number of esters is 1. The molecule has 0 bridgehead atoms. The zero-order chi connectivity index (χ0) is 14.0. The standard InChI is InChI=1S/C12H14FNO4S/c13-11-6-5-9(19(14,16)17)7-10(11)12(15)18-8-3-1-2-4-8/h5-8H,1-4H2,(H2,14,16,17). The second-order valence-electron chi connectivity index (χ2n) is 4.50. The molecular formula is C12H14FNO4S. The number of carbonyl (C=O) groups is 1. The van der Waals surface area contributed by atoms with Crippen molar-refractivity contribution in [1.82, 2.24) is 0 Å². The lowest BCUT2D eigenvalue weighted by atomic mass is 10.2. The van der Waals surface area contributed by atoms with E-state index in [4.69, 9.17) is 9.88 Å². The van der Waals surface area contributed by atoms with Crippen LogP contribution in [0.15, 0.2) is 23.1 Å². The third-order valence-electron chi connectivity index (χ3n) is 3.06. The van der Waals surface area contributed by atoms with Crippen molar-refractivity contribution in [3.8, 4) is 0 Å². The Balaban J connectivity index is 2.25. The molecular weight excluding hydrogens is 273 g/mol. The predicted octanol–water partition coefficient (Wildman–Crippen LogP) is 1.57. The predicted molar refractivity (Wildman–Crippen MR) is 65.4 cm³/mol. The molecule has 1 aliphatic carbocycles. The van der Waals surface area contributed by atoms with Gasteiger partial charge in [-0.25, -0.2) is 22.7 Å². The maximum absolute atomic E-state index is 13.5. The topological polar surface area (TPSA) is 86.5 Å². The number of hydrogen-bond donors (Lipinski definition) is 1. The van der Waals surface area contributed by atoms with Crippen molar-refractivity contribution in [2.24, 2.45) is 5.14 Å². The van der Waals surface area contributed by atoms with Gasteiger partial charge in [-0.15, -0.1) is 0 Å². The minimum Gasteiger partial charge on any atom is -0.459 e. The number of sulfonamides is 1. The summed E-state index contributed by atoms with van der Waals surface area (Å²) in [6.07, 6.45) is 3.23. The number of primary sulfonamides is 1. The number of carbonyl (C=O) groups excluding carboxylic acids is 1. The molecule has 2 N–H and O–H groups in total. The molecule has 19 heavy (non-hydrogen) atoms. The minimum absolute atomic E-state index is 0.218. The van der Waals surface area contributed by atoms with E-state index in [0.717, 1.165) is 43.9 Å². The Morgan fingerprint density at radius 1 is 1.32 bits per heavy atom. The molecule has 1 saturated carbocycles. The summed E-state index contributed by atoms with van der Waals surface area (Å²) >= 11 is 0. The molecule has 0 unspecified atom stereocenters. The van der Waals surface area contributed by atoms with Gasteiger partial charge in [-0.2, -0.15) is 0 Å². The van der Waals surface area contributed by atoms with E-state index in [1.165, 1.54) is 0 Å². The highest BCUT2D eigenvalue weighted by Gasteiger charge is 2.23. The normalized spacial score (nSPS) is 16.5. The maximum Gasteiger partial charge on any atom is 0.341 e. The van der Waals surface area contributed by atoms with E-state index >= 15 is 0 Å². The molecule has 104 valence electrons. The molecule has 0 spiro atoms. The van der Waals surface area contributed by atoms with Crippen LogP contribution in [0.1, 0.15) is 36.0 Å². The molecule has 0 saturated heterocycles. The zero-order valence-corrected chi connectivity index (χ0v) is 11.0. The van der Waals surface area contributed by atoms with Gasteiger partial charge in [0.05, 0.1) is 10.5 Å². The molecule has 7 heteroatoms. The van der Waals surface area contributed by atoms with Crippen LogP contribution in [0.5, 0.6) is 0 Å². The van der Waals surface area contributed by atoms with Crippen LogP contribution in [0.4, 0.5) is 4.39 Å². The minimum atomic E-state index is -3.98. The first-order valence-electron chi connectivity index (χ1n) is 5.91. The number of nitrogens with two attached hydrogens (primary N) is 1. The van der Waals surface area contributed by atoms with Crippen LogP contribution in [0.25, 0.3) is 0 Å². The summed E-state index contributed by atoms with van der Waals surface area (Å²) in [5.41, 5.74) is -0.404. The Kier molecular flexibility index (Phi) is 3.86. The molecule has 0 amide bonds. The van der Waals surface area contributed by atoms with Crippen molar-refractivity contribution in [2.75, 3.05) is 0 Å². The summed E-state index contributed by atoms with van der Waals surface area (Å²) in [5.74, 6) is -1.68. The lowest BCUT2D eigenvalue weighted by molar-refractivity contribution is 0.0312. The Morgan fingerprint density at radius 3 is 2.53 bits per heavy atom. The van der Waals surface area contributed by atoms with Crippen LogP contribution >= 0.6 is 0 Å². The highest BCUT2D eigenvalue weighted by atomic mass is 32.2. The summed E-state index contributed by atoms with van der Waals surface area (Å²) in [6.45, 7) is 0. The molecule has 1 fully saturated rings. The van der Waals surface area contributed by atoms with Crippen LogP contribution in [0.3, 0.4) is 0 Å². The van der Waals surface area contributed by atoms with Crippen molar-refractivity contribution < 1.29 is 22.3 Å². The van der Waals surface area contributed by atoms with Crippen molar-refractivity contribution in [2.45, 2.75) is 36.7 Å². The third kappa shape index (κ3) is 3.30. The number of ether oxygens (including phenoxy) is 1. The Morgan fingerprint density at radius 2 is 1.95 bits per heavy atom. The van der Waals surface area contributed by atoms with Gasteiger partial charge < -0.3 is 4.74 Å². The average Bonchev–Trinajstić information content (AvgIpc) is 2.80. The van der Waals surface area contributed by atoms with Gasteiger partial charge in [0.2, 0.25) is 10.0 Å². The van der Waals surface area contributed by atoms with Gasteiger partial charge in [0.15, 0.2) is 0 Å². The fourth-order valence-electron chi connectivity index (χ4n) is 2.06. The zero-order valence-electron chi connectivity index (χ0n) is 10.1. The Hall–Kier alpha value is -1.47. The lowest BCUT2D eigenvalue weighted by Gasteiger charge is -2.12. The molecule has 0 radical (unpaired) electrons. The summed E-state index contributed by atoms with van der Waals surface area (Å²) in [5, 5.41) is 4.94. The van der Waals surface area contributed by atoms with Gasteiger partial charge in [0, 0.05) is 0 Å². The largest absolute Gasteiger partial charge is 0.459 e. The van der Waals surface area contributed by atoms with Crippen molar-refractivity contribution in [1.29, 1.82) is 0 Å². The quantitative estimate of drug-likeness (QED) is 0.855. The van der Waals surface area contributed by atoms with E-state index in [1.807, 2.05) is 0 Å². The second kappa shape index (κ2) is 5.26. The van der Waals surface area contributed by atoms with E-state index < -0.39 is 27.4 Å².